The van der Waals surface area contributed by atoms with Crippen molar-refractivity contribution < 1.29 is 44.1 Å². The zero-order chi connectivity index (χ0) is 12.9. The van der Waals surface area contributed by atoms with Crippen molar-refractivity contribution in [2.75, 3.05) is 13.2 Å². The molecule has 0 aliphatic heterocycles. The van der Waals surface area contributed by atoms with Crippen molar-refractivity contribution in [1.82, 2.24) is 0 Å². The summed E-state index contributed by atoms with van der Waals surface area (Å²) in [5.74, 6) is -1.23. The van der Waals surface area contributed by atoms with E-state index in [0.29, 0.717) is 0 Å². The Bertz CT molecular complexity index is 273. The van der Waals surface area contributed by atoms with E-state index in [4.69, 9.17) is 30.2 Å². The van der Waals surface area contributed by atoms with Crippen LogP contribution in [0.15, 0.2) is 0 Å². The van der Waals surface area contributed by atoms with Crippen molar-refractivity contribution in [1.29, 1.82) is 0 Å². The monoisotopic (exact) mass is 260 g/mol. The molecule has 3 atom stereocenters. The van der Waals surface area contributed by atoms with Gasteiger partial charge in [-0.3, -0.25) is 9.32 Å². The number of carbonyl (C=O) groups excluding carboxylic acids is 1. The first-order valence-electron chi connectivity index (χ1n) is 4.07. The first kappa shape index (κ1) is 15.6. The fourth-order valence-electron chi connectivity index (χ4n) is 0.742. The van der Waals surface area contributed by atoms with Crippen LogP contribution in [-0.4, -0.2) is 67.5 Å². The van der Waals surface area contributed by atoms with Gasteiger partial charge in [-0.25, -0.2) is 4.57 Å². The summed E-state index contributed by atoms with van der Waals surface area (Å²) in [4.78, 5) is 27.5. The summed E-state index contributed by atoms with van der Waals surface area (Å²) in [5.41, 5.74) is 0. The lowest BCUT2D eigenvalue weighted by Crippen LogP contribution is -2.45. The zero-order valence-corrected chi connectivity index (χ0v) is 8.90. The van der Waals surface area contributed by atoms with Crippen LogP contribution >= 0.6 is 7.82 Å². The lowest BCUT2D eigenvalue weighted by Gasteiger charge is -2.20. The third kappa shape index (κ3) is 5.64. The Kier molecular flexibility index (Phi) is 6.23. The Hall–Kier alpha value is -0.380. The highest BCUT2D eigenvalue weighted by Gasteiger charge is 2.31. The van der Waals surface area contributed by atoms with Crippen LogP contribution in [0.1, 0.15) is 0 Å². The quantitative estimate of drug-likeness (QED) is 0.258. The molecule has 96 valence electrons. The van der Waals surface area contributed by atoms with E-state index in [1.54, 1.807) is 0 Å². The lowest BCUT2D eigenvalue weighted by atomic mass is 10.1. The number of rotatable bonds is 7. The molecular formula is C6H13O9P. The average Bonchev–Trinajstić information content (AvgIpc) is 2.21. The van der Waals surface area contributed by atoms with Crippen LogP contribution in [0.2, 0.25) is 0 Å². The summed E-state index contributed by atoms with van der Waals surface area (Å²) >= 11 is 0. The SMILES string of the molecule is O=C(COP(=O)(O)O)C(O)C(O)[C@H](O)CO. The molecule has 16 heavy (non-hydrogen) atoms. The Morgan fingerprint density at radius 1 is 1.25 bits per heavy atom. The number of aliphatic hydroxyl groups is 4. The minimum atomic E-state index is -4.85. The first-order valence-corrected chi connectivity index (χ1v) is 5.60. The number of hydrogen-bond donors (Lipinski definition) is 6. The molecule has 0 spiro atoms. The van der Waals surface area contributed by atoms with E-state index in [9.17, 15) is 9.36 Å². The number of phosphoric acid groups is 1. The molecule has 0 aromatic rings. The summed E-state index contributed by atoms with van der Waals surface area (Å²) in [6.07, 6.45) is -5.81. The molecule has 0 rings (SSSR count). The summed E-state index contributed by atoms with van der Waals surface area (Å²) < 4.78 is 14.0. The van der Waals surface area contributed by atoms with Crippen LogP contribution in [0, 0.1) is 0 Å². The molecule has 0 bridgehead atoms. The topological polar surface area (TPSA) is 165 Å². The van der Waals surface area contributed by atoms with Crippen LogP contribution in [0.5, 0.6) is 0 Å². The molecule has 0 saturated carbocycles. The molecule has 0 aromatic carbocycles. The van der Waals surface area contributed by atoms with Gasteiger partial charge in [0, 0.05) is 0 Å². The van der Waals surface area contributed by atoms with Crippen molar-refractivity contribution in [3.63, 3.8) is 0 Å². The Morgan fingerprint density at radius 3 is 2.12 bits per heavy atom. The lowest BCUT2D eigenvalue weighted by molar-refractivity contribution is -0.142. The largest absolute Gasteiger partial charge is 0.470 e. The van der Waals surface area contributed by atoms with Gasteiger partial charge in [0.25, 0.3) is 0 Å². The number of Topliss-reactive ketones (excluding diaryl/α,β-unsaturated/α-hetero) is 1. The summed E-state index contributed by atoms with van der Waals surface area (Å²) in [6.45, 7) is -2.01. The van der Waals surface area contributed by atoms with Gasteiger partial charge in [-0.15, -0.1) is 0 Å². The van der Waals surface area contributed by atoms with E-state index >= 15 is 0 Å². The summed E-state index contributed by atoms with van der Waals surface area (Å²) in [6, 6.07) is 0. The maximum Gasteiger partial charge on any atom is 0.470 e. The smallest absolute Gasteiger partial charge is 0.394 e. The van der Waals surface area contributed by atoms with Crippen LogP contribution in [0.25, 0.3) is 0 Å². The van der Waals surface area contributed by atoms with Gasteiger partial charge >= 0.3 is 7.82 Å². The van der Waals surface area contributed by atoms with E-state index in [2.05, 4.69) is 4.52 Å². The van der Waals surface area contributed by atoms with Crippen molar-refractivity contribution in [3.05, 3.63) is 0 Å². The maximum absolute atomic E-state index is 11.0. The molecule has 0 aromatic heterocycles. The highest BCUT2D eigenvalue weighted by molar-refractivity contribution is 7.46. The highest BCUT2D eigenvalue weighted by Crippen LogP contribution is 2.35. The molecule has 0 amide bonds. The van der Waals surface area contributed by atoms with Crippen LogP contribution in [-0.2, 0) is 13.9 Å². The van der Waals surface area contributed by atoms with Crippen molar-refractivity contribution in [2.45, 2.75) is 18.3 Å². The Morgan fingerprint density at radius 2 is 1.75 bits per heavy atom. The molecule has 0 aliphatic rings. The van der Waals surface area contributed by atoms with Gasteiger partial charge in [-0.2, -0.15) is 0 Å². The van der Waals surface area contributed by atoms with Gasteiger partial charge in [0.15, 0.2) is 5.78 Å². The van der Waals surface area contributed by atoms with E-state index in [1.807, 2.05) is 0 Å². The molecule has 0 radical (unpaired) electrons. The van der Waals surface area contributed by atoms with Gasteiger partial charge in [0.05, 0.1) is 6.61 Å². The minimum Gasteiger partial charge on any atom is -0.394 e. The molecule has 6 N–H and O–H groups in total. The van der Waals surface area contributed by atoms with Gasteiger partial charge < -0.3 is 30.2 Å². The Labute approximate surface area is 90.2 Å². The van der Waals surface area contributed by atoms with Gasteiger partial charge in [-0.05, 0) is 0 Å². The predicted molar refractivity (Wildman–Crippen MR) is 48.1 cm³/mol. The van der Waals surface area contributed by atoms with Crippen molar-refractivity contribution >= 4 is 13.6 Å². The number of phosphoric ester groups is 1. The molecule has 9 nitrogen and oxygen atoms in total. The van der Waals surface area contributed by atoms with E-state index in [0.717, 1.165) is 0 Å². The van der Waals surface area contributed by atoms with Crippen LogP contribution in [0.4, 0.5) is 0 Å². The van der Waals surface area contributed by atoms with E-state index in [1.165, 1.54) is 0 Å². The molecule has 0 heterocycles. The predicted octanol–water partition coefficient (Wildman–Crippen LogP) is -3.26. The average molecular weight is 260 g/mol. The maximum atomic E-state index is 11.0. The van der Waals surface area contributed by atoms with E-state index in [-0.39, 0.29) is 0 Å². The second kappa shape index (κ2) is 6.38. The van der Waals surface area contributed by atoms with Gasteiger partial charge in [0.1, 0.15) is 24.9 Å². The Balaban J connectivity index is 4.23. The fourth-order valence-corrected chi connectivity index (χ4v) is 1.04. The minimum absolute atomic E-state index is 0.884. The third-order valence-electron chi connectivity index (χ3n) is 1.61. The zero-order valence-electron chi connectivity index (χ0n) is 8.00. The van der Waals surface area contributed by atoms with Gasteiger partial charge in [0.2, 0.25) is 0 Å². The van der Waals surface area contributed by atoms with Gasteiger partial charge in [-0.1, -0.05) is 0 Å². The van der Waals surface area contributed by atoms with Crippen LogP contribution < -0.4 is 0 Å². The fraction of sp³-hybridized carbons (Fsp3) is 0.833. The number of ketones is 1. The second-order valence-electron chi connectivity index (χ2n) is 2.92. The first-order chi connectivity index (χ1) is 7.19. The molecule has 0 fully saturated rings. The number of aliphatic hydroxyl groups excluding tert-OH is 4. The van der Waals surface area contributed by atoms with Crippen molar-refractivity contribution in [3.8, 4) is 0 Å². The summed E-state index contributed by atoms with van der Waals surface area (Å²) in [7, 11) is -4.85. The molecule has 2 unspecified atom stereocenters. The molecular weight excluding hydrogens is 247 g/mol. The van der Waals surface area contributed by atoms with Crippen molar-refractivity contribution in [2.24, 2.45) is 0 Å². The molecule has 10 heteroatoms. The highest BCUT2D eigenvalue weighted by atomic mass is 31.2. The third-order valence-corrected chi connectivity index (χ3v) is 2.08. The second-order valence-corrected chi connectivity index (χ2v) is 4.16. The number of hydrogen-bond acceptors (Lipinski definition) is 7. The normalized spacial score (nSPS) is 17.9. The molecule has 0 aliphatic carbocycles. The molecule has 0 saturated heterocycles. The van der Waals surface area contributed by atoms with Crippen LogP contribution in [0.3, 0.4) is 0 Å². The standard InChI is InChI=1S/C6H13O9P/c7-1-3(8)5(10)6(11)4(9)2-15-16(12,13)14/h3,5-8,10-11H,1-2H2,(H2,12,13,14)/t3-,5?,6?/m1/s1. The number of carbonyl (C=O) groups is 1. The van der Waals surface area contributed by atoms with E-state index < -0.39 is 45.1 Å². The summed E-state index contributed by atoms with van der Waals surface area (Å²) in [5, 5.41) is 35.4.